The van der Waals surface area contributed by atoms with Crippen molar-refractivity contribution in [2.75, 3.05) is 11.9 Å². The first-order valence-electron chi connectivity index (χ1n) is 6.43. The first-order valence-corrected chi connectivity index (χ1v) is 6.81. The second-order valence-electron chi connectivity index (χ2n) is 5.10. The molecule has 2 amide bonds. The zero-order chi connectivity index (χ0) is 14.3. The summed E-state index contributed by atoms with van der Waals surface area (Å²) in [6.45, 7) is 0.179. The van der Waals surface area contributed by atoms with Crippen molar-refractivity contribution in [3.05, 3.63) is 28.8 Å². The summed E-state index contributed by atoms with van der Waals surface area (Å²) in [5, 5.41) is 3.43. The van der Waals surface area contributed by atoms with Gasteiger partial charge < -0.3 is 5.32 Å². The number of nitrogens with one attached hydrogen (secondary N) is 1. The lowest BCUT2D eigenvalue weighted by Crippen LogP contribution is -2.55. The molecule has 1 aromatic rings. The van der Waals surface area contributed by atoms with E-state index >= 15 is 0 Å². The maximum atomic E-state index is 12.3. The number of urea groups is 1. The highest BCUT2D eigenvalue weighted by molar-refractivity contribution is 6.30. The van der Waals surface area contributed by atoms with Gasteiger partial charge in [-0.3, -0.25) is 4.90 Å². The normalized spacial score (nSPS) is 24.4. The highest BCUT2D eigenvalue weighted by Crippen LogP contribution is 2.53. The average molecular weight is 285 g/mol. The Morgan fingerprint density at radius 2 is 2.20 bits per heavy atom. The fourth-order valence-electron chi connectivity index (χ4n) is 2.93. The van der Waals surface area contributed by atoms with E-state index in [0.717, 1.165) is 24.1 Å². The van der Waals surface area contributed by atoms with Crippen molar-refractivity contribution in [2.45, 2.75) is 18.4 Å². The second kappa shape index (κ2) is 4.47. The molecule has 0 spiro atoms. The van der Waals surface area contributed by atoms with Crippen LogP contribution in [0.2, 0.25) is 5.02 Å². The van der Waals surface area contributed by atoms with Crippen molar-refractivity contribution in [2.24, 2.45) is 5.92 Å². The molecular formula is C16H13ClN2O. The molecule has 1 atom stereocenters. The van der Waals surface area contributed by atoms with E-state index in [-0.39, 0.29) is 18.5 Å². The Bertz CT molecular complexity index is 666. The largest absolute Gasteiger partial charge is 0.324 e. The number of benzene rings is 1. The van der Waals surface area contributed by atoms with E-state index in [1.807, 2.05) is 6.07 Å². The molecule has 1 aliphatic heterocycles. The lowest BCUT2D eigenvalue weighted by atomic mass is 9.81. The minimum absolute atomic E-state index is 0.179. The predicted octanol–water partition coefficient (Wildman–Crippen LogP) is 3.06. The fourth-order valence-corrected chi connectivity index (χ4v) is 3.10. The van der Waals surface area contributed by atoms with E-state index in [9.17, 15) is 4.79 Å². The van der Waals surface area contributed by atoms with Crippen molar-refractivity contribution in [3.8, 4) is 24.7 Å². The van der Waals surface area contributed by atoms with Crippen LogP contribution in [-0.2, 0) is 5.54 Å². The number of halogens is 1. The SMILES string of the molecule is C#CCN1C(=O)Nc2ccc(Cl)cc2C1(C#C)C1CC1. The Kier molecular flexibility index (Phi) is 2.89. The number of rotatable bonds is 2. The van der Waals surface area contributed by atoms with Gasteiger partial charge in [0.15, 0.2) is 0 Å². The molecule has 1 aromatic carbocycles. The molecule has 0 saturated heterocycles. The zero-order valence-electron chi connectivity index (χ0n) is 10.8. The number of carbonyl (C=O) groups is 1. The number of terminal acetylenes is 2. The van der Waals surface area contributed by atoms with Gasteiger partial charge >= 0.3 is 6.03 Å². The van der Waals surface area contributed by atoms with E-state index in [2.05, 4.69) is 17.2 Å². The molecular weight excluding hydrogens is 272 g/mol. The summed E-state index contributed by atoms with van der Waals surface area (Å²) in [6, 6.07) is 5.11. The van der Waals surface area contributed by atoms with E-state index < -0.39 is 5.54 Å². The fraction of sp³-hybridized carbons (Fsp3) is 0.312. The van der Waals surface area contributed by atoms with Crippen LogP contribution in [-0.4, -0.2) is 17.5 Å². The maximum absolute atomic E-state index is 12.3. The highest BCUT2D eigenvalue weighted by Gasteiger charge is 2.54. The van der Waals surface area contributed by atoms with E-state index in [0.29, 0.717) is 5.02 Å². The summed E-state index contributed by atoms with van der Waals surface area (Å²) in [7, 11) is 0. The summed E-state index contributed by atoms with van der Waals surface area (Å²) < 4.78 is 0. The molecule has 1 fully saturated rings. The van der Waals surface area contributed by atoms with Gasteiger partial charge in [-0.15, -0.1) is 12.8 Å². The van der Waals surface area contributed by atoms with Crippen LogP contribution in [0.25, 0.3) is 0 Å². The van der Waals surface area contributed by atoms with Gasteiger partial charge in [0.2, 0.25) is 0 Å². The molecule has 1 aliphatic carbocycles. The molecule has 2 aliphatic rings. The van der Waals surface area contributed by atoms with Crippen LogP contribution in [0.15, 0.2) is 18.2 Å². The van der Waals surface area contributed by atoms with Crippen LogP contribution in [0, 0.1) is 30.6 Å². The van der Waals surface area contributed by atoms with Crippen molar-refractivity contribution in [1.29, 1.82) is 0 Å². The summed E-state index contributed by atoms with van der Waals surface area (Å²) in [5.74, 6) is 5.60. The predicted molar refractivity (Wildman–Crippen MR) is 79.2 cm³/mol. The Balaban J connectivity index is 2.24. The number of carbonyl (C=O) groups excluding carboxylic acids is 1. The smallest absolute Gasteiger partial charge is 0.307 e. The molecule has 4 heteroatoms. The lowest BCUT2D eigenvalue weighted by molar-refractivity contribution is 0.150. The van der Waals surface area contributed by atoms with E-state index in [1.54, 1.807) is 17.0 Å². The topological polar surface area (TPSA) is 32.3 Å². The van der Waals surface area contributed by atoms with Crippen LogP contribution in [0.4, 0.5) is 10.5 Å². The minimum atomic E-state index is -0.783. The zero-order valence-corrected chi connectivity index (χ0v) is 11.6. The van der Waals surface area contributed by atoms with Gasteiger partial charge in [-0.2, -0.15) is 0 Å². The van der Waals surface area contributed by atoms with Crippen LogP contribution in [0.3, 0.4) is 0 Å². The van der Waals surface area contributed by atoms with Gasteiger partial charge in [0.25, 0.3) is 0 Å². The molecule has 0 radical (unpaired) electrons. The number of hydrogen-bond donors (Lipinski definition) is 1. The molecule has 0 aromatic heterocycles. The minimum Gasteiger partial charge on any atom is -0.307 e. The first-order chi connectivity index (χ1) is 9.63. The average Bonchev–Trinajstić information content (AvgIpc) is 3.26. The summed E-state index contributed by atoms with van der Waals surface area (Å²) >= 11 is 6.11. The monoisotopic (exact) mass is 284 g/mol. The number of fused-ring (bicyclic) bond motifs is 1. The summed E-state index contributed by atoms with van der Waals surface area (Å²) in [6.07, 6.45) is 13.2. The second-order valence-corrected chi connectivity index (χ2v) is 5.53. The van der Waals surface area contributed by atoms with Crippen LogP contribution >= 0.6 is 11.6 Å². The number of anilines is 1. The van der Waals surface area contributed by atoms with Gasteiger partial charge in [0, 0.05) is 16.3 Å². The Hall–Kier alpha value is -2.10. The molecule has 1 unspecified atom stereocenters. The van der Waals surface area contributed by atoms with Crippen LogP contribution < -0.4 is 5.32 Å². The number of hydrogen-bond acceptors (Lipinski definition) is 1. The third-order valence-corrected chi connectivity index (χ3v) is 4.18. The Morgan fingerprint density at radius 3 is 2.80 bits per heavy atom. The molecule has 3 rings (SSSR count). The molecule has 100 valence electrons. The summed E-state index contributed by atoms with van der Waals surface area (Å²) in [4.78, 5) is 13.9. The third kappa shape index (κ3) is 1.68. The molecule has 3 nitrogen and oxygen atoms in total. The quantitative estimate of drug-likeness (QED) is 0.832. The first kappa shape index (κ1) is 12.9. The van der Waals surface area contributed by atoms with Crippen molar-refractivity contribution < 1.29 is 4.79 Å². The third-order valence-electron chi connectivity index (χ3n) is 3.94. The molecule has 20 heavy (non-hydrogen) atoms. The van der Waals surface area contributed by atoms with Crippen LogP contribution in [0.1, 0.15) is 18.4 Å². The van der Waals surface area contributed by atoms with Crippen LogP contribution in [0.5, 0.6) is 0 Å². The van der Waals surface area contributed by atoms with E-state index in [1.165, 1.54) is 0 Å². The van der Waals surface area contributed by atoms with Gasteiger partial charge in [0.05, 0.1) is 6.54 Å². The van der Waals surface area contributed by atoms with E-state index in [4.69, 9.17) is 24.4 Å². The van der Waals surface area contributed by atoms with Gasteiger partial charge in [-0.1, -0.05) is 23.4 Å². The molecule has 1 heterocycles. The maximum Gasteiger partial charge on any atom is 0.324 e. The highest BCUT2D eigenvalue weighted by atomic mass is 35.5. The number of nitrogens with zero attached hydrogens (tertiary/aromatic N) is 1. The Labute approximate surface area is 123 Å². The molecule has 0 bridgehead atoms. The van der Waals surface area contributed by atoms with Crippen molar-refractivity contribution in [1.82, 2.24) is 4.90 Å². The Morgan fingerprint density at radius 1 is 1.45 bits per heavy atom. The van der Waals surface area contributed by atoms with Crippen molar-refractivity contribution >= 4 is 23.3 Å². The molecule has 1 saturated carbocycles. The van der Waals surface area contributed by atoms with Gasteiger partial charge in [-0.05, 0) is 37.0 Å². The standard InChI is InChI=1S/C16H13ClN2O/c1-3-9-19-15(20)18-14-8-7-12(17)10-13(14)16(19,4-2)11-5-6-11/h1-2,7-8,10-11H,5-6,9H2,(H,18,20). The number of amides is 2. The van der Waals surface area contributed by atoms with Gasteiger partial charge in [-0.25, -0.2) is 4.79 Å². The van der Waals surface area contributed by atoms with Crippen molar-refractivity contribution in [3.63, 3.8) is 0 Å². The lowest BCUT2D eigenvalue weighted by Gasteiger charge is -2.44. The van der Waals surface area contributed by atoms with Gasteiger partial charge in [0.1, 0.15) is 5.54 Å². The summed E-state index contributed by atoms with van der Waals surface area (Å²) in [5.41, 5.74) is 0.803. The molecule has 1 N–H and O–H groups in total.